The van der Waals surface area contributed by atoms with E-state index in [0.717, 1.165) is 50.0 Å². The van der Waals surface area contributed by atoms with Gasteiger partial charge in [0.2, 0.25) is 0 Å². The Morgan fingerprint density at radius 1 is 1.06 bits per heavy atom. The molecule has 2 aromatic rings. The van der Waals surface area contributed by atoms with Crippen molar-refractivity contribution in [3.8, 4) is 5.75 Å². The Kier molecular flexibility index (Phi) is 8.24. The first-order valence-electron chi connectivity index (χ1n) is 12.5. The molecular formula is C26H40N6O2. The van der Waals surface area contributed by atoms with E-state index in [0.29, 0.717) is 13.1 Å². The number of aromatic nitrogens is 2. The smallest absolute Gasteiger partial charge is 0.134 e. The van der Waals surface area contributed by atoms with Crippen molar-refractivity contribution in [2.45, 2.75) is 37.8 Å². The molecule has 4 rings (SSSR count). The molecule has 2 aliphatic rings. The lowest BCUT2D eigenvalue weighted by Gasteiger charge is -2.29. The van der Waals surface area contributed by atoms with Gasteiger partial charge in [-0.1, -0.05) is 18.6 Å². The summed E-state index contributed by atoms with van der Waals surface area (Å²) in [6, 6.07) is 10.3. The van der Waals surface area contributed by atoms with Gasteiger partial charge in [-0.05, 0) is 57.1 Å². The van der Waals surface area contributed by atoms with E-state index >= 15 is 0 Å². The predicted molar refractivity (Wildman–Crippen MR) is 137 cm³/mol. The second-order valence-electron chi connectivity index (χ2n) is 10.1. The van der Waals surface area contributed by atoms with Gasteiger partial charge in [0, 0.05) is 52.9 Å². The summed E-state index contributed by atoms with van der Waals surface area (Å²) in [7, 11) is 6.01. The molecule has 34 heavy (non-hydrogen) atoms. The topological polar surface area (TPSA) is 68.2 Å². The molecule has 1 atom stereocenters. The average Bonchev–Trinajstić information content (AvgIpc) is 3.21. The van der Waals surface area contributed by atoms with Crippen LogP contribution in [0.1, 0.15) is 31.2 Å². The summed E-state index contributed by atoms with van der Waals surface area (Å²) in [6.45, 7) is 6.85. The first kappa shape index (κ1) is 24.7. The molecule has 0 bridgehead atoms. The minimum absolute atomic E-state index is 0.570. The monoisotopic (exact) mass is 468 g/mol. The quantitative estimate of drug-likeness (QED) is 0.571. The molecule has 2 saturated heterocycles. The zero-order valence-corrected chi connectivity index (χ0v) is 21.0. The van der Waals surface area contributed by atoms with Crippen LogP contribution < -0.4 is 14.5 Å². The summed E-state index contributed by atoms with van der Waals surface area (Å²) in [4.78, 5) is 17.5. The summed E-state index contributed by atoms with van der Waals surface area (Å²) < 4.78 is 6.04. The van der Waals surface area contributed by atoms with Crippen molar-refractivity contribution in [3.05, 3.63) is 42.2 Å². The van der Waals surface area contributed by atoms with Crippen LogP contribution in [0.4, 0.5) is 11.6 Å². The maximum atomic E-state index is 11.3. The fourth-order valence-corrected chi connectivity index (χ4v) is 5.01. The van der Waals surface area contributed by atoms with Gasteiger partial charge in [-0.15, -0.1) is 0 Å². The zero-order valence-electron chi connectivity index (χ0n) is 21.0. The Bertz CT molecular complexity index is 920. The Balaban J connectivity index is 1.26. The van der Waals surface area contributed by atoms with Crippen molar-refractivity contribution in [1.82, 2.24) is 19.8 Å². The molecule has 1 aromatic carbocycles. The summed E-state index contributed by atoms with van der Waals surface area (Å²) in [5.41, 5.74) is 0.434. The van der Waals surface area contributed by atoms with Gasteiger partial charge < -0.3 is 19.6 Å². The van der Waals surface area contributed by atoms with Crippen LogP contribution >= 0.6 is 0 Å². The number of piperidine rings is 1. The highest BCUT2D eigenvalue weighted by Crippen LogP contribution is 2.28. The van der Waals surface area contributed by atoms with E-state index in [2.05, 4.69) is 49.9 Å². The minimum atomic E-state index is -0.763. The van der Waals surface area contributed by atoms with Gasteiger partial charge in [-0.3, -0.25) is 9.80 Å². The van der Waals surface area contributed by atoms with Crippen molar-refractivity contribution in [3.63, 3.8) is 0 Å². The molecule has 1 aromatic heterocycles. The summed E-state index contributed by atoms with van der Waals surface area (Å²) in [5, 5.41) is 11.3. The van der Waals surface area contributed by atoms with Crippen LogP contribution in [0.5, 0.6) is 5.75 Å². The highest BCUT2D eigenvalue weighted by atomic mass is 16.5. The molecular weight excluding hydrogens is 428 g/mol. The van der Waals surface area contributed by atoms with E-state index in [-0.39, 0.29) is 0 Å². The van der Waals surface area contributed by atoms with Crippen molar-refractivity contribution in [1.29, 1.82) is 0 Å². The number of anilines is 2. The SMILES string of the molecule is CN(Cc1cccc(OCCN2CCCCC2)c1)CC1(O)CCN(c2cc(N(C)C)ncn2)C1. The van der Waals surface area contributed by atoms with Crippen LogP contribution in [0.3, 0.4) is 0 Å². The van der Waals surface area contributed by atoms with Crippen LogP contribution in [0.25, 0.3) is 0 Å². The van der Waals surface area contributed by atoms with E-state index in [1.807, 2.05) is 31.1 Å². The highest BCUT2D eigenvalue weighted by Gasteiger charge is 2.37. The number of β-amino-alcohol motifs (C(OH)–C–C–N with tert-alkyl or cyclic N) is 1. The third kappa shape index (κ3) is 6.81. The van der Waals surface area contributed by atoms with Gasteiger partial charge in [-0.25, -0.2) is 9.97 Å². The Morgan fingerprint density at radius 3 is 2.68 bits per heavy atom. The van der Waals surface area contributed by atoms with Gasteiger partial charge in [-0.2, -0.15) is 0 Å². The van der Waals surface area contributed by atoms with Gasteiger partial charge in [0.25, 0.3) is 0 Å². The number of likely N-dealkylation sites (tertiary alicyclic amines) is 1. The molecule has 0 saturated carbocycles. The fraction of sp³-hybridized carbons (Fsp3) is 0.615. The summed E-state index contributed by atoms with van der Waals surface area (Å²) >= 11 is 0. The van der Waals surface area contributed by atoms with Crippen LogP contribution in [-0.2, 0) is 6.54 Å². The van der Waals surface area contributed by atoms with Crippen LogP contribution in [0, 0.1) is 0 Å². The number of nitrogens with zero attached hydrogens (tertiary/aromatic N) is 6. The Hall–Kier alpha value is -2.42. The average molecular weight is 469 g/mol. The molecule has 1 N–H and O–H groups in total. The second-order valence-corrected chi connectivity index (χ2v) is 10.1. The molecule has 1 unspecified atom stereocenters. The minimum Gasteiger partial charge on any atom is -0.492 e. The normalized spacial score (nSPS) is 21.3. The highest BCUT2D eigenvalue weighted by molar-refractivity contribution is 5.50. The van der Waals surface area contributed by atoms with Crippen molar-refractivity contribution < 1.29 is 9.84 Å². The van der Waals surface area contributed by atoms with E-state index in [4.69, 9.17) is 4.74 Å². The van der Waals surface area contributed by atoms with Crippen LogP contribution in [0.2, 0.25) is 0 Å². The molecule has 3 heterocycles. The molecule has 186 valence electrons. The number of aliphatic hydroxyl groups is 1. The van der Waals surface area contributed by atoms with Gasteiger partial charge in [0.1, 0.15) is 30.3 Å². The Morgan fingerprint density at radius 2 is 1.88 bits per heavy atom. The number of rotatable bonds is 10. The van der Waals surface area contributed by atoms with Gasteiger partial charge >= 0.3 is 0 Å². The third-order valence-corrected chi connectivity index (χ3v) is 6.79. The number of benzene rings is 1. The lowest BCUT2D eigenvalue weighted by atomic mass is 10.0. The summed E-state index contributed by atoms with van der Waals surface area (Å²) in [6.07, 6.45) is 6.29. The van der Waals surface area contributed by atoms with E-state index in [9.17, 15) is 5.11 Å². The second kappa shape index (κ2) is 11.3. The molecule has 0 radical (unpaired) electrons. The standard InChI is InChI=1S/C26H40N6O2/c1-29(2)24-17-25(28-21-27-24)32-13-10-26(33,20-32)19-30(3)18-22-8-7-9-23(16-22)34-15-14-31-11-5-4-6-12-31/h7-9,16-17,21,33H,4-6,10-15,18-20H2,1-3H3. The maximum Gasteiger partial charge on any atom is 0.134 e. The zero-order chi connectivity index (χ0) is 24.0. The Labute approximate surface area is 204 Å². The lowest BCUT2D eigenvalue weighted by molar-refractivity contribution is 0.0279. The van der Waals surface area contributed by atoms with E-state index in [1.54, 1.807) is 6.33 Å². The maximum absolute atomic E-state index is 11.3. The lowest BCUT2D eigenvalue weighted by Crippen LogP contribution is -2.43. The van der Waals surface area contributed by atoms with Gasteiger partial charge in [0.05, 0.1) is 5.60 Å². The molecule has 2 aliphatic heterocycles. The van der Waals surface area contributed by atoms with Gasteiger partial charge in [0.15, 0.2) is 0 Å². The van der Waals surface area contributed by atoms with Crippen molar-refractivity contribution in [2.24, 2.45) is 0 Å². The molecule has 0 aliphatic carbocycles. The number of hydrogen-bond acceptors (Lipinski definition) is 8. The molecule has 8 heteroatoms. The van der Waals surface area contributed by atoms with Crippen molar-refractivity contribution in [2.75, 3.05) is 76.8 Å². The first-order chi connectivity index (χ1) is 16.4. The fourth-order valence-electron chi connectivity index (χ4n) is 5.01. The molecule has 0 amide bonds. The number of ether oxygens (including phenoxy) is 1. The van der Waals surface area contributed by atoms with E-state index in [1.165, 1.54) is 37.9 Å². The molecule has 0 spiro atoms. The number of hydrogen-bond donors (Lipinski definition) is 1. The molecule has 8 nitrogen and oxygen atoms in total. The third-order valence-electron chi connectivity index (χ3n) is 6.79. The first-order valence-corrected chi connectivity index (χ1v) is 12.5. The molecule has 2 fully saturated rings. The summed E-state index contributed by atoms with van der Waals surface area (Å²) in [5.74, 6) is 2.66. The van der Waals surface area contributed by atoms with E-state index < -0.39 is 5.60 Å². The van der Waals surface area contributed by atoms with Crippen molar-refractivity contribution >= 4 is 11.6 Å². The number of likely N-dealkylation sites (N-methyl/N-ethyl adjacent to an activating group) is 1. The van der Waals surface area contributed by atoms with Crippen LogP contribution in [-0.4, -0.2) is 97.5 Å². The largest absolute Gasteiger partial charge is 0.492 e. The predicted octanol–water partition coefficient (Wildman–Crippen LogP) is 2.48. The van der Waals surface area contributed by atoms with Crippen LogP contribution in [0.15, 0.2) is 36.7 Å².